The number of ether oxygens (including phenoxy) is 1. The van der Waals surface area contributed by atoms with Crippen molar-refractivity contribution in [2.24, 2.45) is 17.3 Å². The van der Waals surface area contributed by atoms with Crippen molar-refractivity contribution in [2.75, 3.05) is 19.7 Å². The number of terminal acetylenes is 1. The Morgan fingerprint density at radius 1 is 1.10 bits per heavy atom. The molecule has 1 fully saturated rings. The second kappa shape index (κ2) is 15.8. The lowest BCUT2D eigenvalue weighted by Crippen LogP contribution is -2.61. The summed E-state index contributed by atoms with van der Waals surface area (Å²) in [5, 5.41) is 10.2. The monoisotopic (exact) mass is 575 g/mol. The van der Waals surface area contributed by atoms with Gasteiger partial charge in [0.2, 0.25) is 17.6 Å². The Labute approximate surface area is 242 Å². The van der Waals surface area contributed by atoms with E-state index in [1.54, 1.807) is 34.6 Å². The van der Waals surface area contributed by atoms with E-state index in [1.807, 2.05) is 6.92 Å². The molecule has 12 nitrogen and oxygen atoms in total. The summed E-state index contributed by atoms with van der Waals surface area (Å²) in [4.78, 5) is 78.4. The lowest BCUT2D eigenvalue weighted by atomic mass is 9.85. The molecule has 0 aromatic heterocycles. The van der Waals surface area contributed by atoms with Gasteiger partial charge in [-0.1, -0.05) is 60.0 Å². The molecule has 0 aliphatic carbocycles. The number of nitrogens with zero attached hydrogens (tertiary/aromatic N) is 1. The molecule has 5 amide bonds. The maximum atomic E-state index is 13.9. The van der Waals surface area contributed by atoms with Crippen LogP contribution in [-0.2, 0) is 28.7 Å². The van der Waals surface area contributed by atoms with Gasteiger partial charge in [0.1, 0.15) is 18.1 Å². The number of amides is 5. The molecule has 4 N–H and O–H groups in total. The molecule has 0 saturated carbocycles. The number of urea groups is 1. The van der Waals surface area contributed by atoms with E-state index in [1.165, 1.54) is 17.9 Å². The van der Waals surface area contributed by atoms with Gasteiger partial charge in [-0.25, -0.2) is 9.59 Å². The van der Waals surface area contributed by atoms with E-state index >= 15 is 0 Å². The minimum Gasteiger partial charge on any atom is -0.451 e. The van der Waals surface area contributed by atoms with Crippen LogP contribution in [-0.4, -0.2) is 84.3 Å². The van der Waals surface area contributed by atoms with E-state index in [9.17, 15) is 28.8 Å². The summed E-state index contributed by atoms with van der Waals surface area (Å²) in [7, 11) is 0. The van der Waals surface area contributed by atoms with Crippen molar-refractivity contribution >= 4 is 35.5 Å². The highest BCUT2D eigenvalue weighted by atomic mass is 16.5. The van der Waals surface area contributed by atoms with Crippen LogP contribution in [0.25, 0.3) is 0 Å². The van der Waals surface area contributed by atoms with Crippen LogP contribution in [0.15, 0.2) is 12.7 Å². The zero-order chi connectivity index (χ0) is 31.5. The third-order valence-corrected chi connectivity index (χ3v) is 6.83. The molecule has 1 heterocycles. The molecule has 41 heavy (non-hydrogen) atoms. The van der Waals surface area contributed by atoms with E-state index in [-0.39, 0.29) is 31.5 Å². The maximum Gasteiger partial charge on any atom is 0.329 e. The average Bonchev–Trinajstić information content (AvgIpc) is 3.35. The molecular formula is C29H45N5O7. The van der Waals surface area contributed by atoms with Crippen molar-refractivity contribution in [3.8, 4) is 12.3 Å². The topological polar surface area (TPSA) is 163 Å². The number of esters is 1. The number of likely N-dealkylation sites (tertiary alicyclic amines) is 1. The Hall–Kier alpha value is -3.88. The first-order valence-corrected chi connectivity index (χ1v) is 13.8. The minimum atomic E-state index is -1.12. The number of carbonyl (C=O) groups excluding carboxylic acids is 6. The van der Waals surface area contributed by atoms with Gasteiger partial charge in [0, 0.05) is 13.1 Å². The fraction of sp³-hybridized carbons (Fsp3) is 0.655. The molecular weight excluding hydrogens is 530 g/mol. The van der Waals surface area contributed by atoms with E-state index < -0.39 is 65.1 Å². The smallest absolute Gasteiger partial charge is 0.329 e. The predicted octanol–water partition coefficient (Wildman–Crippen LogP) is 0.904. The lowest BCUT2D eigenvalue weighted by molar-refractivity contribution is -0.145. The first-order chi connectivity index (χ1) is 19.1. The summed E-state index contributed by atoms with van der Waals surface area (Å²) in [5.41, 5.74) is -0.774. The molecule has 1 unspecified atom stereocenters. The molecule has 1 rings (SSSR count). The second-order valence-electron chi connectivity index (χ2n) is 11.6. The van der Waals surface area contributed by atoms with E-state index in [0.29, 0.717) is 12.8 Å². The molecule has 0 aromatic rings. The maximum absolute atomic E-state index is 13.9. The van der Waals surface area contributed by atoms with Gasteiger partial charge in [-0.15, -0.1) is 13.0 Å². The predicted molar refractivity (Wildman–Crippen MR) is 153 cm³/mol. The van der Waals surface area contributed by atoms with Crippen molar-refractivity contribution in [1.29, 1.82) is 0 Å². The van der Waals surface area contributed by atoms with Gasteiger partial charge in [-0.3, -0.25) is 19.2 Å². The highest BCUT2D eigenvalue weighted by molar-refractivity contribution is 6.38. The summed E-state index contributed by atoms with van der Waals surface area (Å²) in [6.07, 6.45) is 7.64. The van der Waals surface area contributed by atoms with Gasteiger partial charge in [-0.2, -0.15) is 0 Å². The Morgan fingerprint density at radius 2 is 1.73 bits per heavy atom. The SMILES string of the molecule is C#CCOC(=O)[C@@H](NC(=O)N[C@H](C(=O)N1C[C@H](CC)C[C@H]1C(=O)NC(C)C(=O)C(=O)NCC=C)C(C)(C)C)C(C)C. The number of rotatable bonds is 13. The molecule has 1 aliphatic rings. The molecule has 228 valence electrons. The number of ketones is 1. The zero-order valence-corrected chi connectivity index (χ0v) is 25.2. The van der Waals surface area contributed by atoms with Crippen LogP contribution in [0, 0.1) is 29.6 Å². The van der Waals surface area contributed by atoms with E-state index in [0.717, 1.165) is 0 Å². The minimum absolute atomic E-state index is 0.0160. The second-order valence-corrected chi connectivity index (χ2v) is 11.6. The molecule has 0 radical (unpaired) electrons. The summed E-state index contributed by atoms with van der Waals surface area (Å²) >= 11 is 0. The highest BCUT2D eigenvalue weighted by Gasteiger charge is 2.45. The number of hydrogen-bond acceptors (Lipinski definition) is 7. The largest absolute Gasteiger partial charge is 0.451 e. The van der Waals surface area contributed by atoms with Crippen LogP contribution in [0.4, 0.5) is 4.79 Å². The van der Waals surface area contributed by atoms with Gasteiger partial charge in [-0.05, 0) is 30.6 Å². The number of hydrogen-bond donors (Lipinski definition) is 4. The number of nitrogens with one attached hydrogen (secondary N) is 4. The number of Topliss-reactive ketones (excluding diaryl/α,β-unsaturated/α-hetero) is 1. The van der Waals surface area contributed by atoms with Crippen molar-refractivity contribution in [2.45, 2.75) is 85.5 Å². The Bertz CT molecular complexity index is 1040. The normalized spacial score (nSPS) is 18.8. The lowest BCUT2D eigenvalue weighted by Gasteiger charge is -2.36. The van der Waals surface area contributed by atoms with Crippen LogP contribution in [0.5, 0.6) is 0 Å². The average molecular weight is 576 g/mol. The summed E-state index contributed by atoms with van der Waals surface area (Å²) in [6.45, 7) is 15.7. The summed E-state index contributed by atoms with van der Waals surface area (Å²) < 4.78 is 4.97. The summed E-state index contributed by atoms with van der Waals surface area (Å²) in [5.74, 6) is -1.54. The van der Waals surface area contributed by atoms with Gasteiger partial charge in [0.05, 0.1) is 6.04 Å². The van der Waals surface area contributed by atoms with Crippen LogP contribution in [0.2, 0.25) is 0 Å². The summed E-state index contributed by atoms with van der Waals surface area (Å²) in [6, 6.07) is -4.85. The quantitative estimate of drug-likeness (QED) is 0.110. The first-order valence-electron chi connectivity index (χ1n) is 13.8. The fourth-order valence-corrected chi connectivity index (χ4v) is 4.36. The number of carbonyl (C=O) groups is 6. The zero-order valence-electron chi connectivity index (χ0n) is 25.2. The molecule has 0 spiro atoms. The van der Waals surface area contributed by atoms with Crippen LogP contribution < -0.4 is 21.3 Å². The highest BCUT2D eigenvalue weighted by Crippen LogP contribution is 2.30. The van der Waals surface area contributed by atoms with Gasteiger partial charge in [0.15, 0.2) is 6.61 Å². The Morgan fingerprint density at radius 3 is 2.24 bits per heavy atom. The van der Waals surface area contributed by atoms with Crippen molar-refractivity contribution in [3.05, 3.63) is 12.7 Å². The van der Waals surface area contributed by atoms with Gasteiger partial charge in [0.25, 0.3) is 5.91 Å². The molecule has 0 bridgehead atoms. The Kier molecular flexibility index (Phi) is 13.5. The molecule has 1 aliphatic heterocycles. The standard InChI is InChI=1S/C29H45N5O7/c1-10-13-30-25(37)22(35)18(6)31-24(36)20-15-19(12-3)16-34(20)26(38)23(29(7,8)9)33-28(40)32-21(17(4)5)27(39)41-14-11-2/h2,10,17-21,23H,1,12-16H2,3-9H3,(H,30,37)(H,31,36)(H2,32,33,40)/t18?,19-,20+,21+,23-/m1/s1. The van der Waals surface area contributed by atoms with Crippen LogP contribution in [0.1, 0.15) is 61.3 Å². The van der Waals surface area contributed by atoms with Gasteiger partial charge < -0.3 is 30.9 Å². The fourth-order valence-electron chi connectivity index (χ4n) is 4.36. The molecule has 12 heteroatoms. The third kappa shape index (κ3) is 10.2. The third-order valence-electron chi connectivity index (χ3n) is 6.83. The van der Waals surface area contributed by atoms with Crippen molar-refractivity contribution in [3.63, 3.8) is 0 Å². The molecule has 0 aromatic carbocycles. The Balaban J connectivity index is 3.12. The van der Waals surface area contributed by atoms with Crippen LogP contribution >= 0.6 is 0 Å². The van der Waals surface area contributed by atoms with Gasteiger partial charge >= 0.3 is 12.0 Å². The van der Waals surface area contributed by atoms with Crippen LogP contribution in [0.3, 0.4) is 0 Å². The van der Waals surface area contributed by atoms with E-state index in [2.05, 4.69) is 33.8 Å². The molecule has 1 saturated heterocycles. The van der Waals surface area contributed by atoms with Crippen molar-refractivity contribution in [1.82, 2.24) is 26.2 Å². The first kappa shape index (κ1) is 35.1. The van der Waals surface area contributed by atoms with E-state index in [4.69, 9.17) is 11.2 Å². The van der Waals surface area contributed by atoms with Crippen molar-refractivity contribution < 1.29 is 33.5 Å². The molecule has 5 atom stereocenters.